The quantitative estimate of drug-likeness (QED) is 0.882. The van der Waals surface area contributed by atoms with Gasteiger partial charge in [-0.15, -0.1) is 0 Å². The molecule has 1 N–H and O–H groups in total. The summed E-state index contributed by atoms with van der Waals surface area (Å²) in [6, 6.07) is 5.91. The first-order valence-corrected chi connectivity index (χ1v) is 6.29. The van der Waals surface area contributed by atoms with Crippen molar-refractivity contribution in [1.29, 1.82) is 0 Å². The first kappa shape index (κ1) is 11.3. The number of carboxylic acids is 1. The van der Waals surface area contributed by atoms with Gasteiger partial charge in [0.2, 0.25) is 0 Å². The molecular formula is C14H16N2O2. The number of benzene rings is 1. The zero-order chi connectivity index (χ0) is 12.8. The Labute approximate surface area is 105 Å². The van der Waals surface area contributed by atoms with Gasteiger partial charge in [0.25, 0.3) is 0 Å². The van der Waals surface area contributed by atoms with Gasteiger partial charge in [-0.05, 0) is 24.5 Å². The average Bonchev–Trinajstić information content (AvgIpc) is 2.97. The average molecular weight is 244 g/mol. The molecule has 0 aliphatic heterocycles. The van der Waals surface area contributed by atoms with Crippen molar-refractivity contribution in [3.05, 3.63) is 30.0 Å². The minimum absolute atomic E-state index is 0.682. The Morgan fingerprint density at radius 3 is 2.78 bits per heavy atom. The standard InChI is InChI=1S/C14H16N2O2/c1-16-12-8-11(5-4-10(12)9-15-16)14(13(17)18)6-2-3-7-14/h4-5,8-9H,2-3,6-7H2,1H3,(H,17,18). The smallest absolute Gasteiger partial charge is 0.314 e. The number of fused-ring (bicyclic) bond motifs is 1. The van der Waals surface area contributed by atoms with E-state index in [9.17, 15) is 9.90 Å². The topological polar surface area (TPSA) is 55.1 Å². The summed E-state index contributed by atoms with van der Waals surface area (Å²) in [6.07, 6.45) is 5.28. The van der Waals surface area contributed by atoms with Crippen molar-refractivity contribution in [1.82, 2.24) is 9.78 Å². The van der Waals surface area contributed by atoms with Crippen LogP contribution < -0.4 is 0 Å². The van der Waals surface area contributed by atoms with Crippen molar-refractivity contribution in [3.8, 4) is 0 Å². The van der Waals surface area contributed by atoms with Crippen LogP contribution in [-0.4, -0.2) is 20.9 Å². The molecule has 2 aromatic rings. The third-order valence-electron chi connectivity index (χ3n) is 4.17. The van der Waals surface area contributed by atoms with Crippen LogP contribution in [0.15, 0.2) is 24.4 Å². The van der Waals surface area contributed by atoms with Crippen LogP contribution in [0.5, 0.6) is 0 Å². The minimum atomic E-state index is -0.693. The second kappa shape index (κ2) is 3.83. The highest BCUT2D eigenvalue weighted by atomic mass is 16.4. The van der Waals surface area contributed by atoms with Crippen LogP contribution in [0.4, 0.5) is 0 Å². The van der Waals surface area contributed by atoms with Crippen LogP contribution >= 0.6 is 0 Å². The van der Waals surface area contributed by atoms with Gasteiger partial charge in [-0.25, -0.2) is 0 Å². The summed E-state index contributed by atoms with van der Waals surface area (Å²) in [7, 11) is 1.88. The first-order chi connectivity index (χ1) is 8.63. The van der Waals surface area contributed by atoms with E-state index in [1.165, 1.54) is 0 Å². The molecule has 1 aromatic heterocycles. The van der Waals surface area contributed by atoms with Gasteiger partial charge in [-0.1, -0.05) is 25.0 Å². The number of aliphatic carboxylic acids is 1. The molecule has 0 spiro atoms. The molecule has 1 saturated carbocycles. The van der Waals surface area contributed by atoms with Gasteiger partial charge in [-0.2, -0.15) is 5.10 Å². The highest BCUT2D eigenvalue weighted by Crippen LogP contribution is 2.42. The van der Waals surface area contributed by atoms with Crippen LogP contribution in [0.3, 0.4) is 0 Å². The molecule has 0 unspecified atom stereocenters. The molecule has 0 atom stereocenters. The number of hydrogen-bond donors (Lipinski definition) is 1. The second-order valence-electron chi connectivity index (χ2n) is 5.14. The van der Waals surface area contributed by atoms with Gasteiger partial charge in [0.15, 0.2) is 0 Å². The fourth-order valence-corrected chi connectivity index (χ4v) is 3.05. The predicted octanol–water partition coefficient (Wildman–Crippen LogP) is 2.47. The summed E-state index contributed by atoms with van der Waals surface area (Å²) in [6.45, 7) is 0. The number of aromatic nitrogens is 2. The van der Waals surface area contributed by atoms with Gasteiger partial charge >= 0.3 is 5.97 Å². The van der Waals surface area contributed by atoms with Crippen molar-refractivity contribution in [2.45, 2.75) is 31.1 Å². The number of carboxylic acid groups (broad SMARTS) is 1. The zero-order valence-corrected chi connectivity index (χ0v) is 10.4. The third kappa shape index (κ3) is 1.45. The molecule has 1 aliphatic rings. The highest BCUT2D eigenvalue weighted by Gasteiger charge is 2.42. The Morgan fingerprint density at radius 1 is 1.39 bits per heavy atom. The Hall–Kier alpha value is -1.84. The third-order valence-corrected chi connectivity index (χ3v) is 4.17. The molecule has 4 nitrogen and oxygen atoms in total. The van der Waals surface area contributed by atoms with Gasteiger partial charge in [0, 0.05) is 12.4 Å². The minimum Gasteiger partial charge on any atom is -0.481 e. The van der Waals surface area contributed by atoms with Crippen molar-refractivity contribution in [2.24, 2.45) is 7.05 Å². The van der Waals surface area contributed by atoms with Crippen LogP contribution in [0.1, 0.15) is 31.2 Å². The van der Waals surface area contributed by atoms with Crippen molar-refractivity contribution in [3.63, 3.8) is 0 Å². The molecule has 3 rings (SSSR count). The maximum absolute atomic E-state index is 11.7. The molecule has 0 bridgehead atoms. The van der Waals surface area contributed by atoms with E-state index in [0.29, 0.717) is 0 Å². The van der Waals surface area contributed by atoms with Gasteiger partial charge in [0.05, 0.1) is 17.1 Å². The Morgan fingerprint density at radius 2 is 2.11 bits per heavy atom. The summed E-state index contributed by atoms with van der Waals surface area (Å²) in [5.41, 5.74) is 1.24. The van der Waals surface area contributed by atoms with Gasteiger partial charge in [0.1, 0.15) is 0 Å². The zero-order valence-electron chi connectivity index (χ0n) is 10.4. The summed E-state index contributed by atoms with van der Waals surface area (Å²) in [5.74, 6) is -0.693. The fourth-order valence-electron chi connectivity index (χ4n) is 3.05. The summed E-state index contributed by atoms with van der Waals surface area (Å²) in [4.78, 5) is 11.7. The van der Waals surface area contributed by atoms with Crippen LogP contribution in [0.2, 0.25) is 0 Å². The van der Waals surface area contributed by atoms with Crippen LogP contribution in [0, 0.1) is 0 Å². The largest absolute Gasteiger partial charge is 0.481 e. The molecule has 1 heterocycles. The molecular weight excluding hydrogens is 228 g/mol. The lowest BCUT2D eigenvalue weighted by molar-refractivity contribution is -0.143. The Balaban J connectivity index is 2.17. The lowest BCUT2D eigenvalue weighted by atomic mass is 9.79. The van der Waals surface area contributed by atoms with E-state index in [0.717, 1.165) is 42.1 Å². The summed E-state index contributed by atoms with van der Waals surface area (Å²) >= 11 is 0. The number of hydrogen-bond acceptors (Lipinski definition) is 2. The lowest BCUT2D eigenvalue weighted by Crippen LogP contribution is -2.32. The second-order valence-corrected chi connectivity index (χ2v) is 5.14. The van der Waals surface area contributed by atoms with Crippen LogP contribution in [-0.2, 0) is 17.3 Å². The summed E-state index contributed by atoms with van der Waals surface area (Å²) in [5, 5.41) is 14.8. The van der Waals surface area contributed by atoms with Crippen molar-refractivity contribution >= 4 is 16.9 Å². The first-order valence-electron chi connectivity index (χ1n) is 6.29. The fraction of sp³-hybridized carbons (Fsp3) is 0.429. The maximum Gasteiger partial charge on any atom is 0.314 e. The molecule has 1 aliphatic carbocycles. The van der Waals surface area contributed by atoms with E-state index in [2.05, 4.69) is 5.10 Å². The number of aryl methyl sites for hydroxylation is 1. The molecule has 0 saturated heterocycles. The number of nitrogens with zero attached hydrogens (tertiary/aromatic N) is 2. The number of carbonyl (C=O) groups is 1. The molecule has 18 heavy (non-hydrogen) atoms. The predicted molar refractivity (Wildman–Crippen MR) is 68.5 cm³/mol. The molecule has 0 radical (unpaired) electrons. The number of rotatable bonds is 2. The molecule has 1 aromatic carbocycles. The highest BCUT2D eigenvalue weighted by molar-refractivity contribution is 5.85. The van der Waals surface area contributed by atoms with E-state index in [4.69, 9.17) is 0 Å². The van der Waals surface area contributed by atoms with Crippen molar-refractivity contribution in [2.75, 3.05) is 0 Å². The normalized spacial score (nSPS) is 18.3. The maximum atomic E-state index is 11.7. The van der Waals surface area contributed by atoms with E-state index < -0.39 is 11.4 Å². The van der Waals surface area contributed by atoms with Crippen LogP contribution in [0.25, 0.3) is 10.9 Å². The lowest BCUT2D eigenvalue weighted by Gasteiger charge is -2.24. The molecule has 0 amide bonds. The van der Waals surface area contributed by atoms with Crippen molar-refractivity contribution < 1.29 is 9.90 Å². The Bertz CT molecular complexity index is 609. The molecule has 1 fully saturated rings. The Kier molecular flexibility index (Phi) is 2.40. The SMILES string of the molecule is Cn1ncc2ccc(C3(C(=O)O)CCCC3)cc21. The van der Waals surface area contributed by atoms with Gasteiger partial charge in [-0.3, -0.25) is 9.48 Å². The monoisotopic (exact) mass is 244 g/mol. The van der Waals surface area contributed by atoms with E-state index in [1.807, 2.05) is 25.2 Å². The molecule has 94 valence electrons. The van der Waals surface area contributed by atoms with E-state index in [1.54, 1.807) is 10.9 Å². The molecule has 4 heteroatoms. The van der Waals surface area contributed by atoms with E-state index in [-0.39, 0.29) is 0 Å². The summed E-state index contributed by atoms with van der Waals surface area (Å²) < 4.78 is 1.79. The van der Waals surface area contributed by atoms with Gasteiger partial charge < -0.3 is 5.11 Å². The van der Waals surface area contributed by atoms with E-state index >= 15 is 0 Å².